The molecule has 6 nitrogen and oxygen atoms in total. The summed E-state index contributed by atoms with van der Waals surface area (Å²) in [6.07, 6.45) is 1.23. The SMILES string of the molecule is CCN(CCO)C(=O)c1coc(COc2ccc(F)cc2Cl)n1. The number of aromatic nitrogens is 1. The minimum absolute atomic E-state index is 0.0508. The summed E-state index contributed by atoms with van der Waals surface area (Å²) in [5.41, 5.74) is 0.129. The largest absolute Gasteiger partial charge is 0.482 e. The van der Waals surface area contributed by atoms with Crippen molar-refractivity contribution in [1.82, 2.24) is 9.88 Å². The lowest BCUT2D eigenvalue weighted by Crippen LogP contribution is -2.33. The summed E-state index contributed by atoms with van der Waals surface area (Å²) in [7, 11) is 0. The Bertz CT molecular complexity index is 677. The predicted octanol–water partition coefficient (Wildman–Crippen LogP) is 2.50. The Kier molecular flexibility index (Phi) is 5.95. The molecule has 1 aromatic carbocycles. The fraction of sp³-hybridized carbons (Fsp3) is 0.333. The molecular weight excluding hydrogens is 327 g/mol. The zero-order valence-electron chi connectivity index (χ0n) is 12.5. The number of carbonyl (C=O) groups is 1. The molecule has 0 aliphatic heterocycles. The van der Waals surface area contributed by atoms with Gasteiger partial charge in [-0.05, 0) is 25.1 Å². The van der Waals surface area contributed by atoms with E-state index in [9.17, 15) is 9.18 Å². The van der Waals surface area contributed by atoms with Gasteiger partial charge in [-0.25, -0.2) is 9.37 Å². The van der Waals surface area contributed by atoms with Gasteiger partial charge in [0, 0.05) is 13.1 Å². The van der Waals surface area contributed by atoms with E-state index in [0.717, 1.165) is 6.07 Å². The Hall–Kier alpha value is -2.12. The summed E-state index contributed by atoms with van der Waals surface area (Å²) in [5.74, 6) is -0.324. The zero-order valence-corrected chi connectivity index (χ0v) is 13.2. The average Bonchev–Trinajstić information content (AvgIpc) is 3.00. The molecule has 0 radical (unpaired) electrons. The summed E-state index contributed by atoms with van der Waals surface area (Å²) in [6.45, 7) is 2.29. The summed E-state index contributed by atoms with van der Waals surface area (Å²) in [5, 5.41) is 9.06. The molecule has 8 heteroatoms. The van der Waals surface area contributed by atoms with Crippen molar-refractivity contribution in [2.45, 2.75) is 13.5 Å². The molecule has 2 aromatic rings. The van der Waals surface area contributed by atoms with Gasteiger partial charge in [0.05, 0.1) is 11.6 Å². The second-order valence-electron chi connectivity index (χ2n) is 4.60. The van der Waals surface area contributed by atoms with Crippen LogP contribution in [0.4, 0.5) is 4.39 Å². The third kappa shape index (κ3) is 4.43. The highest BCUT2D eigenvalue weighted by Crippen LogP contribution is 2.25. The maximum Gasteiger partial charge on any atom is 0.275 e. The number of likely N-dealkylation sites (N-methyl/N-ethyl adjacent to an activating group) is 1. The lowest BCUT2D eigenvalue weighted by molar-refractivity contribution is 0.0726. The molecule has 1 amide bonds. The molecule has 0 saturated carbocycles. The first kappa shape index (κ1) is 17.2. The van der Waals surface area contributed by atoms with Crippen LogP contribution >= 0.6 is 11.6 Å². The molecule has 124 valence electrons. The fourth-order valence-electron chi connectivity index (χ4n) is 1.89. The van der Waals surface area contributed by atoms with Crippen LogP contribution in [0.3, 0.4) is 0 Å². The highest BCUT2D eigenvalue weighted by molar-refractivity contribution is 6.32. The second kappa shape index (κ2) is 7.94. The van der Waals surface area contributed by atoms with Gasteiger partial charge >= 0.3 is 0 Å². The minimum Gasteiger partial charge on any atom is -0.482 e. The van der Waals surface area contributed by atoms with Crippen molar-refractivity contribution in [1.29, 1.82) is 0 Å². The van der Waals surface area contributed by atoms with E-state index < -0.39 is 5.82 Å². The molecule has 1 N–H and O–H groups in total. The van der Waals surface area contributed by atoms with Gasteiger partial charge in [0.1, 0.15) is 17.8 Å². The summed E-state index contributed by atoms with van der Waals surface area (Å²) in [6, 6.07) is 3.75. The number of hydrogen-bond donors (Lipinski definition) is 1. The third-order valence-electron chi connectivity index (χ3n) is 3.05. The Morgan fingerprint density at radius 3 is 2.96 bits per heavy atom. The number of aliphatic hydroxyl groups is 1. The van der Waals surface area contributed by atoms with Gasteiger partial charge in [-0.3, -0.25) is 4.79 Å². The van der Waals surface area contributed by atoms with Crippen LogP contribution in [0.25, 0.3) is 0 Å². The maximum absolute atomic E-state index is 12.9. The minimum atomic E-state index is -0.463. The molecule has 0 saturated heterocycles. The summed E-state index contributed by atoms with van der Waals surface area (Å²) >= 11 is 5.85. The molecule has 0 unspecified atom stereocenters. The van der Waals surface area contributed by atoms with Crippen LogP contribution in [-0.4, -0.2) is 40.6 Å². The van der Waals surface area contributed by atoms with Gasteiger partial charge < -0.3 is 19.2 Å². The van der Waals surface area contributed by atoms with Crippen molar-refractivity contribution >= 4 is 17.5 Å². The molecule has 0 fully saturated rings. The van der Waals surface area contributed by atoms with Crippen molar-refractivity contribution in [3.05, 3.63) is 46.9 Å². The average molecular weight is 343 g/mol. The Labute approximate surface area is 137 Å². The lowest BCUT2D eigenvalue weighted by atomic mass is 10.3. The lowest BCUT2D eigenvalue weighted by Gasteiger charge is -2.17. The van der Waals surface area contributed by atoms with Crippen LogP contribution in [0.15, 0.2) is 28.9 Å². The molecule has 0 spiro atoms. The molecule has 23 heavy (non-hydrogen) atoms. The number of oxazole rings is 1. The number of ether oxygens (including phenoxy) is 1. The van der Waals surface area contributed by atoms with Gasteiger partial charge in [-0.15, -0.1) is 0 Å². The van der Waals surface area contributed by atoms with E-state index in [0.29, 0.717) is 6.54 Å². The van der Waals surface area contributed by atoms with Crippen molar-refractivity contribution in [3.63, 3.8) is 0 Å². The number of carbonyl (C=O) groups excluding carboxylic acids is 1. The van der Waals surface area contributed by atoms with Crippen molar-refractivity contribution < 1.29 is 23.4 Å². The number of rotatable bonds is 7. The van der Waals surface area contributed by atoms with E-state index in [-0.39, 0.29) is 48.0 Å². The molecular formula is C15H16ClFN2O4. The van der Waals surface area contributed by atoms with Crippen LogP contribution < -0.4 is 4.74 Å². The van der Waals surface area contributed by atoms with E-state index in [2.05, 4.69) is 4.98 Å². The summed E-state index contributed by atoms with van der Waals surface area (Å²) in [4.78, 5) is 17.6. The molecule has 0 atom stereocenters. The molecule has 1 heterocycles. The Morgan fingerprint density at radius 2 is 2.30 bits per heavy atom. The molecule has 0 aliphatic carbocycles. The van der Waals surface area contributed by atoms with E-state index >= 15 is 0 Å². The standard InChI is InChI=1S/C15H16ClFN2O4/c1-2-19(5-6-20)15(21)12-8-23-14(18-12)9-22-13-4-3-10(17)7-11(13)16/h3-4,7-8,20H,2,5-6,9H2,1H3. The van der Waals surface area contributed by atoms with Crippen molar-refractivity contribution in [3.8, 4) is 5.75 Å². The van der Waals surface area contributed by atoms with Crippen LogP contribution in [0.5, 0.6) is 5.75 Å². The normalized spacial score (nSPS) is 10.6. The highest BCUT2D eigenvalue weighted by atomic mass is 35.5. The Morgan fingerprint density at radius 1 is 1.52 bits per heavy atom. The molecule has 2 rings (SSSR count). The van der Waals surface area contributed by atoms with Gasteiger partial charge in [0.2, 0.25) is 5.89 Å². The number of hydrogen-bond acceptors (Lipinski definition) is 5. The van der Waals surface area contributed by atoms with E-state index in [1.165, 1.54) is 23.3 Å². The third-order valence-corrected chi connectivity index (χ3v) is 3.35. The number of benzene rings is 1. The predicted molar refractivity (Wildman–Crippen MR) is 80.9 cm³/mol. The van der Waals surface area contributed by atoms with Crippen LogP contribution in [0, 0.1) is 5.82 Å². The summed E-state index contributed by atoms with van der Waals surface area (Å²) < 4.78 is 23.5. The van der Waals surface area contributed by atoms with Crippen molar-refractivity contribution in [2.24, 2.45) is 0 Å². The first-order chi connectivity index (χ1) is 11.0. The number of aliphatic hydroxyl groups excluding tert-OH is 1. The first-order valence-corrected chi connectivity index (χ1v) is 7.35. The molecule has 0 bridgehead atoms. The van der Waals surface area contributed by atoms with Crippen LogP contribution in [0.2, 0.25) is 5.02 Å². The zero-order chi connectivity index (χ0) is 16.8. The van der Waals surface area contributed by atoms with Gasteiger partial charge in [0.25, 0.3) is 5.91 Å². The fourth-order valence-corrected chi connectivity index (χ4v) is 2.11. The number of amides is 1. The topological polar surface area (TPSA) is 75.8 Å². The first-order valence-electron chi connectivity index (χ1n) is 6.97. The molecule has 1 aromatic heterocycles. The quantitative estimate of drug-likeness (QED) is 0.836. The maximum atomic E-state index is 12.9. The van der Waals surface area contributed by atoms with Crippen LogP contribution in [0.1, 0.15) is 23.3 Å². The molecule has 0 aliphatic rings. The van der Waals surface area contributed by atoms with E-state index in [4.69, 9.17) is 25.9 Å². The monoisotopic (exact) mass is 342 g/mol. The van der Waals surface area contributed by atoms with Gasteiger partial charge in [0.15, 0.2) is 12.3 Å². The van der Waals surface area contributed by atoms with E-state index in [1.54, 1.807) is 6.92 Å². The number of halogens is 2. The van der Waals surface area contributed by atoms with Gasteiger partial charge in [-0.2, -0.15) is 0 Å². The smallest absolute Gasteiger partial charge is 0.275 e. The Balaban J connectivity index is 2.00. The van der Waals surface area contributed by atoms with Crippen molar-refractivity contribution in [2.75, 3.05) is 19.7 Å². The van der Waals surface area contributed by atoms with Crippen LogP contribution in [-0.2, 0) is 6.61 Å². The second-order valence-corrected chi connectivity index (χ2v) is 5.01. The van der Waals surface area contributed by atoms with E-state index in [1.807, 2.05) is 0 Å². The number of nitrogens with zero attached hydrogens (tertiary/aromatic N) is 2. The van der Waals surface area contributed by atoms with Gasteiger partial charge in [-0.1, -0.05) is 11.6 Å². The highest BCUT2D eigenvalue weighted by Gasteiger charge is 2.18.